The molecule has 1 aromatic carbocycles. The summed E-state index contributed by atoms with van der Waals surface area (Å²) in [5, 5.41) is 4.86. The molecule has 0 saturated heterocycles. The van der Waals surface area contributed by atoms with E-state index in [-0.39, 0.29) is 5.41 Å². The van der Waals surface area contributed by atoms with Crippen molar-refractivity contribution in [3.05, 3.63) is 33.8 Å². The zero-order valence-corrected chi connectivity index (χ0v) is 11.7. The first-order chi connectivity index (χ1) is 8.18. The van der Waals surface area contributed by atoms with Crippen LogP contribution < -0.4 is 5.32 Å². The fraction of sp³-hybridized carbons (Fsp3) is 0.571. The Balaban J connectivity index is 2.37. The Morgan fingerprint density at radius 3 is 2.47 bits per heavy atom. The van der Waals surface area contributed by atoms with Crippen molar-refractivity contribution in [3.63, 3.8) is 0 Å². The third-order valence-electron chi connectivity index (χ3n) is 3.83. The van der Waals surface area contributed by atoms with Crippen LogP contribution in [0, 0.1) is 0 Å². The van der Waals surface area contributed by atoms with Gasteiger partial charge in [0.1, 0.15) is 0 Å². The molecule has 94 valence electrons. The number of rotatable bonds is 3. The van der Waals surface area contributed by atoms with Crippen molar-refractivity contribution in [2.24, 2.45) is 0 Å². The Kier molecular flexibility index (Phi) is 4.35. The Hall–Kier alpha value is -0.240. The highest BCUT2D eigenvalue weighted by Crippen LogP contribution is 2.42. The molecule has 0 amide bonds. The molecule has 0 spiro atoms. The first-order valence-electron chi connectivity index (χ1n) is 6.28. The summed E-state index contributed by atoms with van der Waals surface area (Å²) in [4.78, 5) is 0. The third kappa shape index (κ3) is 2.78. The summed E-state index contributed by atoms with van der Waals surface area (Å²) in [6, 6.07) is 5.92. The van der Waals surface area contributed by atoms with Crippen molar-refractivity contribution in [1.82, 2.24) is 5.32 Å². The molecule has 17 heavy (non-hydrogen) atoms. The third-order valence-corrected chi connectivity index (χ3v) is 4.38. The highest BCUT2D eigenvalue weighted by Gasteiger charge is 2.34. The average Bonchev–Trinajstić information content (AvgIpc) is 2.30. The normalized spacial score (nSPS) is 19.2. The van der Waals surface area contributed by atoms with Crippen LogP contribution in [0.1, 0.15) is 37.7 Å². The summed E-state index contributed by atoms with van der Waals surface area (Å²) in [6.07, 6.45) is 6.36. The molecule has 2 rings (SSSR count). The lowest BCUT2D eigenvalue weighted by Crippen LogP contribution is -2.38. The first kappa shape index (κ1) is 13.2. The molecule has 0 radical (unpaired) electrons. The van der Waals surface area contributed by atoms with Gasteiger partial charge in [0, 0.05) is 22.0 Å². The van der Waals surface area contributed by atoms with Crippen molar-refractivity contribution in [3.8, 4) is 0 Å². The lowest BCUT2D eigenvalue weighted by molar-refractivity contribution is 0.286. The van der Waals surface area contributed by atoms with Crippen molar-refractivity contribution in [1.29, 1.82) is 0 Å². The Labute approximate surface area is 114 Å². The molecule has 1 aromatic rings. The van der Waals surface area contributed by atoms with E-state index in [1.165, 1.54) is 37.7 Å². The lowest BCUT2D eigenvalue weighted by Gasteiger charge is -2.38. The summed E-state index contributed by atoms with van der Waals surface area (Å²) in [6.45, 7) is 0.994. The minimum atomic E-state index is 0.203. The molecule has 1 fully saturated rings. The fourth-order valence-corrected chi connectivity index (χ4v) is 3.64. The molecule has 1 N–H and O–H groups in total. The van der Waals surface area contributed by atoms with E-state index < -0.39 is 0 Å². The molecular weight excluding hydrogens is 253 g/mol. The van der Waals surface area contributed by atoms with Gasteiger partial charge in [-0.2, -0.15) is 0 Å². The highest BCUT2D eigenvalue weighted by molar-refractivity contribution is 6.35. The number of hydrogen-bond acceptors (Lipinski definition) is 1. The largest absolute Gasteiger partial charge is 0.319 e. The van der Waals surface area contributed by atoms with Crippen molar-refractivity contribution >= 4 is 23.2 Å². The van der Waals surface area contributed by atoms with Crippen molar-refractivity contribution in [2.75, 3.05) is 13.6 Å². The predicted molar refractivity (Wildman–Crippen MR) is 75.2 cm³/mol. The van der Waals surface area contributed by atoms with Gasteiger partial charge in [-0.05, 0) is 37.6 Å². The van der Waals surface area contributed by atoms with Gasteiger partial charge in [-0.25, -0.2) is 0 Å². The van der Waals surface area contributed by atoms with Crippen molar-refractivity contribution in [2.45, 2.75) is 37.5 Å². The van der Waals surface area contributed by atoms with Gasteiger partial charge in [0.15, 0.2) is 0 Å². The van der Waals surface area contributed by atoms with Crippen LogP contribution >= 0.6 is 23.2 Å². The molecular formula is C14H19Cl2N. The van der Waals surface area contributed by atoms with E-state index in [9.17, 15) is 0 Å². The van der Waals surface area contributed by atoms with E-state index in [0.29, 0.717) is 5.02 Å². The van der Waals surface area contributed by atoms with E-state index in [2.05, 4.69) is 11.4 Å². The van der Waals surface area contributed by atoms with Crippen LogP contribution in [0.2, 0.25) is 10.0 Å². The molecule has 1 aliphatic carbocycles. The van der Waals surface area contributed by atoms with E-state index in [0.717, 1.165) is 11.6 Å². The summed E-state index contributed by atoms with van der Waals surface area (Å²) in [5.41, 5.74) is 1.46. The van der Waals surface area contributed by atoms with Gasteiger partial charge in [-0.15, -0.1) is 0 Å². The minimum Gasteiger partial charge on any atom is -0.319 e. The fourth-order valence-electron chi connectivity index (χ4n) is 3.03. The van der Waals surface area contributed by atoms with Gasteiger partial charge in [0.05, 0.1) is 0 Å². The molecule has 0 aromatic heterocycles. The number of likely N-dealkylation sites (N-methyl/N-ethyl adjacent to an activating group) is 1. The van der Waals surface area contributed by atoms with E-state index >= 15 is 0 Å². The second kappa shape index (κ2) is 5.60. The second-order valence-electron chi connectivity index (χ2n) is 5.00. The van der Waals surface area contributed by atoms with E-state index in [1.807, 2.05) is 19.2 Å². The van der Waals surface area contributed by atoms with Gasteiger partial charge in [-0.3, -0.25) is 0 Å². The van der Waals surface area contributed by atoms with Gasteiger partial charge in [0.25, 0.3) is 0 Å². The number of halogens is 2. The monoisotopic (exact) mass is 271 g/mol. The minimum absolute atomic E-state index is 0.203. The first-order valence-corrected chi connectivity index (χ1v) is 7.04. The van der Waals surface area contributed by atoms with Crippen LogP contribution in [0.5, 0.6) is 0 Å². The van der Waals surface area contributed by atoms with E-state index in [1.54, 1.807) is 0 Å². The average molecular weight is 272 g/mol. The zero-order valence-electron chi connectivity index (χ0n) is 10.2. The van der Waals surface area contributed by atoms with Crippen LogP contribution in [-0.2, 0) is 5.41 Å². The van der Waals surface area contributed by atoms with Gasteiger partial charge < -0.3 is 5.32 Å². The molecule has 0 aliphatic heterocycles. The maximum absolute atomic E-state index is 6.38. The number of hydrogen-bond donors (Lipinski definition) is 1. The van der Waals surface area contributed by atoms with E-state index in [4.69, 9.17) is 23.2 Å². The second-order valence-corrected chi connectivity index (χ2v) is 5.84. The standard InChI is InChI=1S/C14H19Cl2N/c1-17-10-14(7-3-2-4-8-14)12-6-5-11(15)9-13(12)16/h5-6,9,17H,2-4,7-8,10H2,1H3. The predicted octanol–water partition coefficient (Wildman–Crippen LogP) is 4.41. The van der Waals surface area contributed by atoms with Gasteiger partial charge in [0.2, 0.25) is 0 Å². The quantitative estimate of drug-likeness (QED) is 0.859. The van der Waals surface area contributed by atoms with Crippen LogP contribution in [0.4, 0.5) is 0 Å². The summed E-state index contributed by atoms with van der Waals surface area (Å²) >= 11 is 12.4. The molecule has 3 heteroatoms. The van der Waals surface area contributed by atoms with Crippen LogP contribution in [0.3, 0.4) is 0 Å². The molecule has 1 nitrogen and oxygen atoms in total. The molecule has 0 bridgehead atoms. The molecule has 0 atom stereocenters. The van der Waals surface area contributed by atoms with Gasteiger partial charge in [-0.1, -0.05) is 48.5 Å². The van der Waals surface area contributed by atoms with Crippen LogP contribution in [0.15, 0.2) is 18.2 Å². The Bertz CT molecular complexity index is 378. The topological polar surface area (TPSA) is 12.0 Å². The molecule has 1 saturated carbocycles. The maximum atomic E-state index is 6.38. The van der Waals surface area contributed by atoms with Crippen LogP contribution in [-0.4, -0.2) is 13.6 Å². The number of nitrogens with one attached hydrogen (secondary N) is 1. The number of benzene rings is 1. The highest BCUT2D eigenvalue weighted by atomic mass is 35.5. The maximum Gasteiger partial charge on any atom is 0.0458 e. The summed E-state index contributed by atoms with van der Waals surface area (Å²) in [5.74, 6) is 0. The van der Waals surface area contributed by atoms with Gasteiger partial charge >= 0.3 is 0 Å². The Morgan fingerprint density at radius 1 is 1.18 bits per heavy atom. The molecule has 0 heterocycles. The smallest absolute Gasteiger partial charge is 0.0458 e. The molecule has 1 aliphatic rings. The summed E-state index contributed by atoms with van der Waals surface area (Å²) < 4.78 is 0. The Morgan fingerprint density at radius 2 is 1.88 bits per heavy atom. The molecule has 0 unspecified atom stereocenters. The zero-order chi connectivity index (χ0) is 12.3. The lowest BCUT2D eigenvalue weighted by atomic mass is 9.69. The SMILES string of the molecule is CNCC1(c2ccc(Cl)cc2Cl)CCCCC1. The van der Waals surface area contributed by atoms with Crippen molar-refractivity contribution < 1.29 is 0 Å². The summed E-state index contributed by atoms with van der Waals surface area (Å²) in [7, 11) is 2.01. The van der Waals surface area contributed by atoms with Crippen LogP contribution in [0.25, 0.3) is 0 Å².